The zero-order valence-corrected chi connectivity index (χ0v) is 10.00. The molecule has 0 heterocycles. The van der Waals surface area contributed by atoms with E-state index in [1.165, 1.54) is 25.3 Å². The van der Waals surface area contributed by atoms with Crippen molar-refractivity contribution in [3.8, 4) is 11.8 Å². The Bertz CT molecular complexity index is 518. The normalized spacial score (nSPS) is 16.3. The first-order chi connectivity index (χ1) is 8.61. The van der Waals surface area contributed by atoms with Crippen molar-refractivity contribution in [2.24, 2.45) is 5.41 Å². The number of carbonyl (C=O) groups is 1. The van der Waals surface area contributed by atoms with Gasteiger partial charge >= 0.3 is 0 Å². The molecule has 1 fully saturated rings. The molecule has 4 nitrogen and oxygen atoms in total. The minimum absolute atomic E-state index is 0.246. The molecular weight excluding hydrogens is 235 g/mol. The molecule has 0 aliphatic heterocycles. The Kier molecular flexibility index (Phi) is 3.19. The standard InChI is InChI=1S/C13H13FN2O2/c1-18-11-7-9(14)3-4-10(11)16-12(17)13(8-15)5-2-6-13/h3-4,7H,2,5-6H2,1H3,(H,16,17). The molecule has 2 rings (SSSR count). The summed E-state index contributed by atoms with van der Waals surface area (Å²) in [5, 5.41) is 11.7. The van der Waals surface area contributed by atoms with Gasteiger partial charge in [-0.15, -0.1) is 0 Å². The van der Waals surface area contributed by atoms with Crippen LogP contribution in [0.4, 0.5) is 10.1 Å². The summed E-state index contributed by atoms with van der Waals surface area (Å²) in [7, 11) is 1.40. The van der Waals surface area contributed by atoms with Gasteiger partial charge in [-0.05, 0) is 31.4 Å². The Morgan fingerprint density at radius 3 is 2.78 bits per heavy atom. The maximum absolute atomic E-state index is 13.0. The number of nitriles is 1. The molecule has 0 spiro atoms. The van der Waals surface area contributed by atoms with E-state index in [4.69, 9.17) is 10.00 Å². The molecule has 0 saturated heterocycles. The highest BCUT2D eigenvalue weighted by Crippen LogP contribution is 2.41. The van der Waals surface area contributed by atoms with Crippen molar-refractivity contribution >= 4 is 11.6 Å². The van der Waals surface area contributed by atoms with Gasteiger partial charge in [-0.3, -0.25) is 4.79 Å². The highest BCUT2D eigenvalue weighted by molar-refractivity contribution is 5.98. The fraction of sp³-hybridized carbons (Fsp3) is 0.385. The fourth-order valence-electron chi connectivity index (χ4n) is 1.93. The molecule has 0 aromatic heterocycles. The number of ether oxygens (including phenoxy) is 1. The Balaban J connectivity index is 2.19. The Morgan fingerprint density at radius 2 is 2.28 bits per heavy atom. The van der Waals surface area contributed by atoms with Crippen LogP contribution in [0, 0.1) is 22.6 Å². The van der Waals surface area contributed by atoms with Gasteiger partial charge in [-0.2, -0.15) is 5.26 Å². The van der Waals surface area contributed by atoms with Crippen molar-refractivity contribution in [1.29, 1.82) is 5.26 Å². The number of rotatable bonds is 3. The Morgan fingerprint density at radius 1 is 1.56 bits per heavy atom. The smallest absolute Gasteiger partial charge is 0.244 e. The molecule has 5 heteroatoms. The highest BCUT2D eigenvalue weighted by Gasteiger charge is 2.44. The van der Waals surface area contributed by atoms with Gasteiger partial charge in [0.15, 0.2) is 0 Å². The second-order valence-corrected chi connectivity index (χ2v) is 4.35. The van der Waals surface area contributed by atoms with E-state index in [-0.39, 0.29) is 11.7 Å². The Labute approximate surface area is 104 Å². The van der Waals surface area contributed by atoms with Crippen molar-refractivity contribution in [3.05, 3.63) is 24.0 Å². The van der Waals surface area contributed by atoms with Crippen LogP contribution in [0.3, 0.4) is 0 Å². The summed E-state index contributed by atoms with van der Waals surface area (Å²) >= 11 is 0. The molecule has 1 aliphatic carbocycles. The van der Waals surface area contributed by atoms with Crippen LogP contribution in [0.1, 0.15) is 19.3 Å². The molecule has 1 aromatic carbocycles. The fourth-order valence-corrected chi connectivity index (χ4v) is 1.93. The van der Waals surface area contributed by atoms with Gasteiger partial charge in [0, 0.05) is 6.07 Å². The first-order valence-corrected chi connectivity index (χ1v) is 5.67. The molecule has 1 N–H and O–H groups in total. The van der Waals surface area contributed by atoms with E-state index >= 15 is 0 Å². The number of nitrogens with one attached hydrogen (secondary N) is 1. The van der Waals surface area contributed by atoms with Gasteiger partial charge < -0.3 is 10.1 Å². The lowest BCUT2D eigenvalue weighted by molar-refractivity contribution is -0.126. The molecule has 1 amide bonds. The van der Waals surface area contributed by atoms with Gasteiger partial charge in [0.05, 0.1) is 18.9 Å². The lowest BCUT2D eigenvalue weighted by atomic mass is 9.69. The summed E-state index contributed by atoms with van der Waals surface area (Å²) in [6.45, 7) is 0. The molecule has 18 heavy (non-hydrogen) atoms. The van der Waals surface area contributed by atoms with Gasteiger partial charge in [0.1, 0.15) is 17.0 Å². The van der Waals surface area contributed by atoms with E-state index in [0.717, 1.165) is 6.42 Å². The molecule has 0 bridgehead atoms. The third-order valence-electron chi connectivity index (χ3n) is 3.27. The van der Waals surface area contributed by atoms with Crippen LogP contribution in [0.15, 0.2) is 18.2 Å². The van der Waals surface area contributed by atoms with E-state index in [1.54, 1.807) is 0 Å². The summed E-state index contributed by atoms with van der Waals surface area (Å²) in [4.78, 5) is 12.0. The highest BCUT2D eigenvalue weighted by atomic mass is 19.1. The van der Waals surface area contributed by atoms with Gasteiger partial charge in [-0.25, -0.2) is 4.39 Å². The van der Waals surface area contributed by atoms with Crippen molar-refractivity contribution in [2.45, 2.75) is 19.3 Å². The van der Waals surface area contributed by atoms with E-state index in [1.807, 2.05) is 0 Å². The average Bonchev–Trinajstić information content (AvgIpc) is 2.30. The molecule has 0 radical (unpaired) electrons. The number of methoxy groups -OCH3 is 1. The molecular formula is C13H13FN2O2. The number of anilines is 1. The molecule has 0 unspecified atom stereocenters. The number of nitrogens with zero attached hydrogens (tertiary/aromatic N) is 1. The monoisotopic (exact) mass is 248 g/mol. The van der Waals surface area contributed by atoms with Gasteiger partial charge in [0.2, 0.25) is 5.91 Å². The topological polar surface area (TPSA) is 62.1 Å². The van der Waals surface area contributed by atoms with Crippen molar-refractivity contribution < 1.29 is 13.9 Å². The quantitative estimate of drug-likeness (QED) is 0.893. The second-order valence-electron chi connectivity index (χ2n) is 4.35. The predicted molar refractivity (Wildman–Crippen MR) is 63.5 cm³/mol. The van der Waals surface area contributed by atoms with Crippen LogP contribution in [0.25, 0.3) is 0 Å². The maximum Gasteiger partial charge on any atom is 0.244 e. The predicted octanol–water partition coefficient (Wildman–Crippen LogP) is 2.47. The van der Waals surface area contributed by atoms with E-state index in [9.17, 15) is 9.18 Å². The van der Waals surface area contributed by atoms with Crippen LogP contribution < -0.4 is 10.1 Å². The number of hydrogen-bond acceptors (Lipinski definition) is 3. The largest absolute Gasteiger partial charge is 0.494 e. The number of amides is 1. The number of carbonyl (C=O) groups excluding carboxylic acids is 1. The summed E-state index contributed by atoms with van der Waals surface area (Å²) in [6.07, 6.45) is 2.01. The third-order valence-corrected chi connectivity index (χ3v) is 3.27. The van der Waals surface area contributed by atoms with Crippen LogP contribution >= 0.6 is 0 Å². The van der Waals surface area contributed by atoms with Crippen LogP contribution in [0.5, 0.6) is 5.75 Å². The summed E-state index contributed by atoms with van der Waals surface area (Å²) < 4.78 is 18.0. The molecule has 1 aliphatic rings. The zero-order chi connectivity index (χ0) is 13.2. The first kappa shape index (κ1) is 12.4. The molecule has 0 atom stereocenters. The number of hydrogen-bond donors (Lipinski definition) is 1. The summed E-state index contributed by atoms with van der Waals surface area (Å²) in [5.41, 5.74) is -0.551. The minimum atomic E-state index is -0.931. The maximum atomic E-state index is 13.0. The average molecular weight is 248 g/mol. The second kappa shape index (κ2) is 4.65. The van der Waals surface area contributed by atoms with Crippen LogP contribution in [0.2, 0.25) is 0 Å². The number of halogens is 1. The summed E-state index contributed by atoms with van der Waals surface area (Å²) in [6, 6.07) is 5.91. The van der Waals surface area contributed by atoms with E-state index in [2.05, 4.69) is 11.4 Å². The van der Waals surface area contributed by atoms with Crippen molar-refractivity contribution in [1.82, 2.24) is 0 Å². The lowest BCUT2D eigenvalue weighted by Crippen LogP contribution is -2.40. The SMILES string of the molecule is COc1cc(F)ccc1NC(=O)C1(C#N)CCC1. The van der Waals surface area contributed by atoms with Crippen LogP contribution in [-0.4, -0.2) is 13.0 Å². The van der Waals surface area contributed by atoms with Gasteiger partial charge in [0.25, 0.3) is 0 Å². The minimum Gasteiger partial charge on any atom is -0.494 e. The van der Waals surface area contributed by atoms with E-state index < -0.39 is 11.2 Å². The Hall–Kier alpha value is -2.09. The van der Waals surface area contributed by atoms with E-state index in [0.29, 0.717) is 18.5 Å². The zero-order valence-electron chi connectivity index (χ0n) is 10.00. The van der Waals surface area contributed by atoms with Crippen LogP contribution in [-0.2, 0) is 4.79 Å². The van der Waals surface area contributed by atoms with Crippen molar-refractivity contribution in [2.75, 3.05) is 12.4 Å². The number of benzene rings is 1. The molecule has 1 saturated carbocycles. The molecule has 1 aromatic rings. The third kappa shape index (κ3) is 2.02. The molecule has 94 valence electrons. The summed E-state index contributed by atoms with van der Waals surface area (Å²) in [5.74, 6) is -0.541. The first-order valence-electron chi connectivity index (χ1n) is 5.67. The van der Waals surface area contributed by atoms with Gasteiger partial charge in [-0.1, -0.05) is 0 Å². The van der Waals surface area contributed by atoms with Crippen molar-refractivity contribution in [3.63, 3.8) is 0 Å². The lowest BCUT2D eigenvalue weighted by Gasteiger charge is -2.33.